The van der Waals surface area contributed by atoms with Gasteiger partial charge in [0.2, 0.25) is 0 Å². The zero-order valence-corrected chi connectivity index (χ0v) is 12.1. The monoisotopic (exact) mass is 282 g/mol. The van der Waals surface area contributed by atoms with Gasteiger partial charge in [0.1, 0.15) is 5.75 Å². The molecule has 96 valence electrons. The molecule has 0 saturated carbocycles. The first-order chi connectivity index (χ1) is 8.52. The Morgan fingerprint density at radius 2 is 2.17 bits per heavy atom. The molecule has 2 N–H and O–H groups in total. The summed E-state index contributed by atoms with van der Waals surface area (Å²) in [6.45, 7) is 3.92. The highest BCUT2D eigenvalue weighted by Gasteiger charge is 2.18. The van der Waals surface area contributed by atoms with Crippen LogP contribution in [0, 0.1) is 6.92 Å². The quantitative estimate of drug-likeness (QED) is 0.931. The smallest absolute Gasteiger partial charge is 0.128 e. The fourth-order valence-electron chi connectivity index (χ4n) is 1.81. The molecule has 0 aliphatic rings. The van der Waals surface area contributed by atoms with Gasteiger partial charge in [-0.1, -0.05) is 11.6 Å². The number of methoxy groups -OCH3 is 1. The molecule has 0 saturated heterocycles. The number of nitrogens with zero attached hydrogens (tertiary/aromatic N) is 1. The molecule has 0 amide bonds. The summed E-state index contributed by atoms with van der Waals surface area (Å²) in [7, 11) is 1.64. The van der Waals surface area contributed by atoms with Gasteiger partial charge in [0.25, 0.3) is 0 Å². The molecule has 0 bridgehead atoms. The van der Waals surface area contributed by atoms with E-state index in [0.29, 0.717) is 5.02 Å². The highest BCUT2D eigenvalue weighted by Crippen LogP contribution is 2.38. The highest BCUT2D eigenvalue weighted by atomic mass is 35.5. The van der Waals surface area contributed by atoms with E-state index in [1.165, 1.54) is 0 Å². The van der Waals surface area contributed by atoms with Crippen molar-refractivity contribution in [2.45, 2.75) is 19.9 Å². The van der Waals surface area contributed by atoms with Crippen molar-refractivity contribution in [3.63, 3.8) is 0 Å². The fourth-order valence-corrected chi connectivity index (χ4v) is 2.88. The maximum Gasteiger partial charge on any atom is 0.128 e. The Morgan fingerprint density at radius 1 is 1.44 bits per heavy atom. The number of hydrogen-bond donors (Lipinski definition) is 1. The molecule has 0 spiro atoms. The zero-order chi connectivity index (χ0) is 13.3. The second-order valence-electron chi connectivity index (χ2n) is 4.08. The normalized spacial score (nSPS) is 12.5. The number of aromatic nitrogens is 1. The van der Waals surface area contributed by atoms with E-state index >= 15 is 0 Å². The van der Waals surface area contributed by atoms with Crippen molar-refractivity contribution in [3.05, 3.63) is 33.1 Å². The minimum atomic E-state index is -0.0603. The lowest BCUT2D eigenvalue weighted by atomic mass is 10.1. The van der Waals surface area contributed by atoms with Crippen LogP contribution in [0.2, 0.25) is 5.02 Å². The van der Waals surface area contributed by atoms with Crippen LogP contribution in [0.5, 0.6) is 5.75 Å². The van der Waals surface area contributed by atoms with Crippen LogP contribution in [-0.4, -0.2) is 12.1 Å². The predicted octanol–water partition coefficient (Wildman–Crippen LogP) is 3.80. The minimum Gasteiger partial charge on any atom is -0.496 e. The molecule has 1 atom stereocenters. The highest BCUT2D eigenvalue weighted by molar-refractivity contribution is 7.12. The molecule has 2 rings (SSSR count). The summed E-state index contributed by atoms with van der Waals surface area (Å²) in [6, 6.07) is 5.45. The van der Waals surface area contributed by atoms with Gasteiger partial charge in [-0.2, -0.15) is 0 Å². The molecule has 0 aliphatic carbocycles. The molecule has 5 heteroatoms. The number of nitrogens with two attached hydrogens (primary N) is 1. The molecule has 3 nitrogen and oxygen atoms in total. The third-order valence-corrected chi connectivity index (χ3v) is 4.00. The van der Waals surface area contributed by atoms with Gasteiger partial charge in [0.05, 0.1) is 17.8 Å². The van der Waals surface area contributed by atoms with Gasteiger partial charge >= 0.3 is 0 Å². The summed E-state index contributed by atoms with van der Waals surface area (Å²) >= 11 is 7.66. The van der Waals surface area contributed by atoms with Crippen LogP contribution in [0.25, 0.3) is 11.3 Å². The second kappa shape index (κ2) is 5.26. The lowest BCUT2D eigenvalue weighted by molar-refractivity contribution is 0.416. The van der Waals surface area contributed by atoms with Gasteiger partial charge in [-0.05, 0) is 32.0 Å². The lowest BCUT2D eigenvalue weighted by Gasteiger charge is -2.10. The largest absolute Gasteiger partial charge is 0.496 e. The van der Waals surface area contributed by atoms with Crippen molar-refractivity contribution in [2.24, 2.45) is 5.73 Å². The molecular formula is C13H15ClN2OS. The summed E-state index contributed by atoms with van der Waals surface area (Å²) in [6.07, 6.45) is 0. The van der Waals surface area contributed by atoms with Crippen LogP contribution in [0.3, 0.4) is 0 Å². The minimum absolute atomic E-state index is 0.0603. The van der Waals surface area contributed by atoms with Crippen LogP contribution in [0.4, 0.5) is 0 Å². The number of thiazole rings is 1. The van der Waals surface area contributed by atoms with E-state index in [-0.39, 0.29) is 6.04 Å². The van der Waals surface area contributed by atoms with E-state index in [1.54, 1.807) is 24.5 Å². The number of rotatable bonds is 3. The second-order valence-corrected chi connectivity index (χ2v) is 5.75. The Hall–Kier alpha value is -1.10. The summed E-state index contributed by atoms with van der Waals surface area (Å²) in [4.78, 5) is 5.60. The topological polar surface area (TPSA) is 48.1 Å². The molecule has 1 aromatic carbocycles. The molecule has 2 aromatic rings. The van der Waals surface area contributed by atoms with Gasteiger partial charge in [-0.25, -0.2) is 4.98 Å². The zero-order valence-electron chi connectivity index (χ0n) is 10.5. The molecule has 0 fully saturated rings. The third kappa shape index (κ3) is 2.51. The van der Waals surface area contributed by atoms with E-state index in [1.807, 2.05) is 26.0 Å². The Morgan fingerprint density at radius 3 is 2.78 bits per heavy atom. The summed E-state index contributed by atoms with van der Waals surface area (Å²) in [5, 5.41) is 1.64. The van der Waals surface area contributed by atoms with E-state index < -0.39 is 0 Å². The van der Waals surface area contributed by atoms with Gasteiger partial charge < -0.3 is 10.5 Å². The lowest BCUT2D eigenvalue weighted by Crippen LogP contribution is -2.04. The maximum atomic E-state index is 6.05. The molecule has 18 heavy (non-hydrogen) atoms. The molecule has 1 unspecified atom stereocenters. The van der Waals surface area contributed by atoms with Crippen molar-refractivity contribution < 1.29 is 4.74 Å². The van der Waals surface area contributed by atoms with Crippen molar-refractivity contribution in [1.82, 2.24) is 4.98 Å². The van der Waals surface area contributed by atoms with Gasteiger partial charge in [0, 0.05) is 21.5 Å². The average Bonchev–Trinajstić information content (AvgIpc) is 2.71. The Labute approximate surface area is 116 Å². The van der Waals surface area contributed by atoms with E-state index in [9.17, 15) is 0 Å². The predicted molar refractivity (Wildman–Crippen MR) is 76.5 cm³/mol. The van der Waals surface area contributed by atoms with Crippen molar-refractivity contribution in [3.8, 4) is 17.0 Å². The first-order valence-electron chi connectivity index (χ1n) is 5.59. The van der Waals surface area contributed by atoms with Crippen LogP contribution < -0.4 is 10.5 Å². The first-order valence-corrected chi connectivity index (χ1v) is 6.79. The SMILES string of the molecule is COc1ccc(Cl)cc1-c1nc(C)sc1C(C)N. The van der Waals surface area contributed by atoms with Gasteiger partial charge in [0.15, 0.2) is 0 Å². The molecule has 1 aromatic heterocycles. The number of benzene rings is 1. The van der Waals surface area contributed by atoms with Crippen LogP contribution >= 0.6 is 22.9 Å². The van der Waals surface area contributed by atoms with Crippen molar-refractivity contribution >= 4 is 22.9 Å². The fraction of sp³-hybridized carbons (Fsp3) is 0.308. The Kier molecular flexibility index (Phi) is 3.90. The number of aryl methyl sites for hydroxylation is 1. The van der Waals surface area contributed by atoms with Crippen LogP contribution in [0.1, 0.15) is 22.9 Å². The molecule has 0 radical (unpaired) electrons. The van der Waals surface area contributed by atoms with Crippen LogP contribution in [-0.2, 0) is 0 Å². The van der Waals surface area contributed by atoms with Crippen molar-refractivity contribution in [1.29, 1.82) is 0 Å². The average molecular weight is 283 g/mol. The Bertz CT molecular complexity index is 566. The van der Waals surface area contributed by atoms with E-state index in [0.717, 1.165) is 26.9 Å². The standard InChI is InChI=1S/C13H15ClN2OS/c1-7(15)13-12(16-8(2)18-13)10-6-9(14)4-5-11(10)17-3/h4-7H,15H2,1-3H3. The first kappa shape index (κ1) is 13.3. The van der Waals surface area contributed by atoms with E-state index in [4.69, 9.17) is 22.1 Å². The summed E-state index contributed by atoms with van der Waals surface area (Å²) < 4.78 is 5.36. The third-order valence-electron chi connectivity index (χ3n) is 2.59. The molecule has 1 heterocycles. The number of halogens is 1. The van der Waals surface area contributed by atoms with Crippen molar-refractivity contribution in [2.75, 3.05) is 7.11 Å². The number of ether oxygens (including phenoxy) is 1. The maximum absolute atomic E-state index is 6.05. The van der Waals surface area contributed by atoms with Crippen LogP contribution in [0.15, 0.2) is 18.2 Å². The van der Waals surface area contributed by atoms with Gasteiger partial charge in [-0.3, -0.25) is 0 Å². The Balaban J connectivity index is 2.64. The molecular weight excluding hydrogens is 268 g/mol. The summed E-state index contributed by atoms with van der Waals surface area (Å²) in [5.41, 5.74) is 7.75. The summed E-state index contributed by atoms with van der Waals surface area (Å²) in [5.74, 6) is 0.756. The van der Waals surface area contributed by atoms with Gasteiger partial charge in [-0.15, -0.1) is 11.3 Å². The molecule has 0 aliphatic heterocycles. The van der Waals surface area contributed by atoms with E-state index in [2.05, 4.69) is 4.98 Å². The number of hydrogen-bond acceptors (Lipinski definition) is 4.